The van der Waals surface area contributed by atoms with E-state index in [0.717, 1.165) is 10.0 Å². The number of nitrogens with zero attached hydrogens (tertiary/aromatic N) is 1. The second-order valence-electron chi connectivity index (χ2n) is 5.66. The van der Waals surface area contributed by atoms with Crippen LogP contribution >= 0.6 is 15.9 Å². The molecule has 2 amide bonds. The van der Waals surface area contributed by atoms with Gasteiger partial charge in [0.2, 0.25) is 0 Å². The number of nitrogens with one attached hydrogen (secondary N) is 2. The van der Waals surface area contributed by atoms with E-state index in [2.05, 4.69) is 31.5 Å². The Balaban J connectivity index is 1.81. The van der Waals surface area contributed by atoms with Gasteiger partial charge in [-0.2, -0.15) is 0 Å². The van der Waals surface area contributed by atoms with Crippen molar-refractivity contribution in [2.45, 2.75) is 19.4 Å². The number of pyridine rings is 1. The number of carbonyl (C=O) groups excluding carboxylic acids is 2. The molecule has 3 N–H and O–H groups in total. The molecule has 0 aliphatic rings. The van der Waals surface area contributed by atoms with Crippen molar-refractivity contribution < 1.29 is 19.4 Å². The van der Waals surface area contributed by atoms with E-state index in [9.17, 15) is 9.59 Å². The van der Waals surface area contributed by atoms with Crippen LogP contribution in [0.2, 0.25) is 0 Å². The van der Waals surface area contributed by atoms with Crippen molar-refractivity contribution in [2.75, 3.05) is 18.5 Å². The van der Waals surface area contributed by atoms with Crippen molar-refractivity contribution in [3.05, 3.63) is 58.3 Å². The highest BCUT2D eigenvalue weighted by atomic mass is 79.9. The summed E-state index contributed by atoms with van der Waals surface area (Å²) in [4.78, 5) is 27.6. The van der Waals surface area contributed by atoms with E-state index >= 15 is 0 Å². The minimum Gasteiger partial charge on any atom is -0.449 e. The van der Waals surface area contributed by atoms with E-state index in [1.165, 1.54) is 6.20 Å². The number of halogens is 1. The van der Waals surface area contributed by atoms with Gasteiger partial charge in [0.15, 0.2) is 0 Å². The predicted molar refractivity (Wildman–Crippen MR) is 101 cm³/mol. The molecule has 138 valence electrons. The number of carbonyl (C=O) groups is 2. The van der Waals surface area contributed by atoms with Gasteiger partial charge in [-0.05, 0) is 46.6 Å². The Morgan fingerprint density at radius 3 is 2.65 bits per heavy atom. The number of hydrogen-bond donors (Lipinski definition) is 3. The minimum absolute atomic E-state index is 0.141. The second kappa shape index (κ2) is 9.88. The first kappa shape index (κ1) is 19.9. The van der Waals surface area contributed by atoms with Gasteiger partial charge in [0, 0.05) is 29.0 Å². The molecule has 8 heteroatoms. The maximum atomic E-state index is 12.2. The smallest absolute Gasteiger partial charge is 0.407 e. The van der Waals surface area contributed by atoms with Crippen LogP contribution in [0.4, 0.5) is 10.5 Å². The molecule has 0 radical (unpaired) electrons. The Morgan fingerprint density at radius 1 is 1.27 bits per heavy atom. The largest absolute Gasteiger partial charge is 0.449 e. The summed E-state index contributed by atoms with van der Waals surface area (Å²) >= 11 is 3.28. The molecule has 26 heavy (non-hydrogen) atoms. The minimum atomic E-state index is -0.557. The van der Waals surface area contributed by atoms with Crippen molar-refractivity contribution in [2.24, 2.45) is 0 Å². The third-order valence-electron chi connectivity index (χ3n) is 3.44. The van der Waals surface area contributed by atoms with Crippen LogP contribution in [0.3, 0.4) is 0 Å². The van der Waals surface area contributed by atoms with Crippen LogP contribution in [-0.2, 0) is 11.2 Å². The molecule has 1 aromatic carbocycles. The quantitative estimate of drug-likeness (QED) is 0.637. The molecule has 0 saturated carbocycles. The summed E-state index contributed by atoms with van der Waals surface area (Å²) in [5, 5.41) is 14.2. The zero-order chi connectivity index (χ0) is 18.9. The van der Waals surface area contributed by atoms with Gasteiger partial charge < -0.3 is 20.5 Å². The number of benzene rings is 1. The zero-order valence-electron chi connectivity index (χ0n) is 14.2. The van der Waals surface area contributed by atoms with Crippen molar-refractivity contribution >= 4 is 33.6 Å². The third kappa shape index (κ3) is 6.45. The molecule has 0 fully saturated rings. The average molecular weight is 422 g/mol. The van der Waals surface area contributed by atoms with Crippen LogP contribution in [0.1, 0.15) is 22.8 Å². The van der Waals surface area contributed by atoms with Crippen LogP contribution in [0.15, 0.2) is 47.2 Å². The molecule has 0 aliphatic carbocycles. The molecular weight excluding hydrogens is 402 g/mol. The molecule has 0 aliphatic heterocycles. The summed E-state index contributed by atoms with van der Waals surface area (Å²) in [5.74, 6) is -0.246. The maximum Gasteiger partial charge on any atom is 0.407 e. The van der Waals surface area contributed by atoms with E-state index in [0.29, 0.717) is 17.7 Å². The zero-order valence-corrected chi connectivity index (χ0v) is 15.8. The highest BCUT2D eigenvalue weighted by Crippen LogP contribution is 2.14. The highest BCUT2D eigenvalue weighted by Gasteiger charge is 2.08. The van der Waals surface area contributed by atoms with Gasteiger partial charge in [-0.1, -0.05) is 12.1 Å². The normalized spacial score (nSPS) is 11.5. The number of aliphatic hydroxyl groups excluding tert-OH is 1. The van der Waals surface area contributed by atoms with Crippen LogP contribution < -0.4 is 10.6 Å². The van der Waals surface area contributed by atoms with E-state index in [1.807, 2.05) is 12.1 Å². The lowest BCUT2D eigenvalue weighted by molar-refractivity contribution is 0.102. The van der Waals surface area contributed by atoms with Crippen LogP contribution in [0, 0.1) is 0 Å². The molecule has 1 heterocycles. The fourth-order valence-corrected chi connectivity index (χ4v) is 2.41. The summed E-state index contributed by atoms with van der Waals surface area (Å²) in [6, 6.07) is 8.63. The summed E-state index contributed by atoms with van der Waals surface area (Å²) in [7, 11) is 0. The highest BCUT2D eigenvalue weighted by molar-refractivity contribution is 9.10. The first-order valence-electron chi connectivity index (χ1n) is 8.03. The van der Waals surface area contributed by atoms with Gasteiger partial charge >= 0.3 is 6.09 Å². The summed E-state index contributed by atoms with van der Waals surface area (Å²) in [5.41, 5.74) is 2.09. The molecule has 0 saturated heterocycles. The van der Waals surface area contributed by atoms with Crippen molar-refractivity contribution in [3.8, 4) is 0 Å². The first-order valence-corrected chi connectivity index (χ1v) is 8.82. The SMILES string of the molecule is CC(CO)NC(=O)OCCc1ccc(NC(=O)c2cncc(Br)c2)cc1. The van der Waals surface area contributed by atoms with E-state index in [1.54, 1.807) is 31.3 Å². The van der Waals surface area contributed by atoms with Crippen molar-refractivity contribution in [3.63, 3.8) is 0 Å². The van der Waals surface area contributed by atoms with Crippen molar-refractivity contribution in [1.29, 1.82) is 0 Å². The predicted octanol–water partition coefficient (Wildman–Crippen LogP) is 2.75. The third-order valence-corrected chi connectivity index (χ3v) is 3.87. The van der Waals surface area contributed by atoms with Crippen LogP contribution in [-0.4, -0.2) is 41.3 Å². The molecule has 1 aromatic heterocycles. The number of aromatic nitrogens is 1. The number of aliphatic hydroxyl groups is 1. The summed E-state index contributed by atoms with van der Waals surface area (Å²) < 4.78 is 5.77. The van der Waals surface area contributed by atoms with Crippen LogP contribution in [0.25, 0.3) is 0 Å². The van der Waals surface area contributed by atoms with Gasteiger partial charge in [-0.3, -0.25) is 9.78 Å². The summed E-state index contributed by atoms with van der Waals surface area (Å²) in [6.45, 7) is 1.76. The molecule has 2 aromatic rings. The monoisotopic (exact) mass is 421 g/mol. The topological polar surface area (TPSA) is 101 Å². The Bertz CT molecular complexity index is 752. The maximum absolute atomic E-state index is 12.2. The second-order valence-corrected chi connectivity index (χ2v) is 6.57. The molecule has 0 spiro atoms. The van der Waals surface area contributed by atoms with E-state index in [4.69, 9.17) is 9.84 Å². The van der Waals surface area contributed by atoms with Crippen molar-refractivity contribution in [1.82, 2.24) is 10.3 Å². The van der Waals surface area contributed by atoms with Gasteiger partial charge in [0.25, 0.3) is 5.91 Å². The molecule has 2 rings (SSSR count). The Hall–Kier alpha value is -2.45. The fraction of sp³-hybridized carbons (Fsp3) is 0.278. The number of ether oxygens (including phenoxy) is 1. The lowest BCUT2D eigenvalue weighted by Gasteiger charge is -2.11. The molecule has 7 nitrogen and oxygen atoms in total. The fourth-order valence-electron chi connectivity index (χ4n) is 2.04. The number of anilines is 1. The molecular formula is C18H20BrN3O4. The number of hydrogen-bond acceptors (Lipinski definition) is 5. The Labute approximate surface area is 159 Å². The number of alkyl carbamates (subject to hydrolysis) is 1. The molecule has 1 atom stereocenters. The van der Waals surface area contributed by atoms with Gasteiger partial charge in [-0.25, -0.2) is 4.79 Å². The number of rotatable bonds is 7. The molecule has 1 unspecified atom stereocenters. The molecule has 0 bridgehead atoms. The van der Waals surface area contributed by atoms with E-state index in [-0.39, 0.29) is 25.2 Å². The number of amides is 2. The van der Waals surface area contributed by atoms with E-state index < -0.39 is 6.09 Å². The standard InChI is InChI=1S/C18H20BrN3O4/c1-12(11-23)21-18(25)26-7-6-13-2-4-16(5-3-13)22-17(24)14-8-15(19)10-20-9-14/h2-5,8-10,12,23H,6-7,11H2,1H3,(H,21,25)(H,22,24). The van der Waals surface area contributed by atoms with Gasteiger partial charge in [0.05, 0.1) is 24.8 Å². The van der Waals surface area contributed by atoms with Gasteiger partial charge in [-0.15, -0.1) is 0 Å². The lowest BCUT2D eigenvalue weighted by atomic mass is 10.1. The van der Waals surface area contributed by atoms with Gasteiger partial charge in [0.1, 0.15) is 0 Å². The Morgan fingerprint density at radius 2 is 2.00 bits per heavy atom. The lowest BCUT2D eigenvalue weighted by Crippen LogP contribution is -2.35. The Kier molecular flexibility index (Phi) is 7.55. The summed E-state index contributed by atoms with van der Waals surface area (Å²) in [6.07, 6.45) is 3.09. The first-order chi connectivity index (χ1) is 12.5. The average Bonchev–Trinajstić information content (AvgIpc) is 2.63. The van der Waals surface area contributed by atoms with Crippen LogP contribution in [0.5, 0.6) is 0 Å².